The topological polar surface area (TPSA) is 26.3 Å². The number of halogens is 4. The fourth-order valence-corrected chi connectivity index (χ4v) is 3.62. The lowest BCUT2D eigenvalue weighted by Crippen LogP contribution is -2.14. The van der Waals surface area contributed by atoms with Crippen LogP contribution in [0, 0.1) is 29.2 Å². The van der Waals surface area contributed by atoms with Gasteiger partial charge < -0.3 is 4.74 Å². The van der Waals surface area contributed by atoms with Crippen LogP contribution in [0.3, 0.4) is 0 Å². The number of allylic oxidation sites excluding steroid dienone is 2. The average molecular weight is 392 g/mol. The fraction of sp³-hybridized carbons (Fsp3) is 0.318. The van der Waals surface area contributed by atoms with E-state index in [-0.39, 0.29) is 11.5 Å². The van der Waals surface area contributed by atoms with Gasteiger partial charge in [-0.3, -0.25) is 0 Å². The van der Waals surface area contributed by atoms with Crippen LogP contribution in [-0.2, 0) is 0 Å². The van der Waals surface area contributed by atoms with Gasteiger partial charge in [0.15, 0.2) is 17.5 Å². The molecule has 0 atom stereocenters. The molecule has 1 aliphatic carbocycles. The van der Waals surface area contributed by atoms with Gasteiger partial charge in [0.25, 0.3) is 0 Å². The van der Waals surface area contributed by atoms with Crippen molar-refractivity contribution in [1.82, 2.24) is 0 Å². The van der Waals surface area contributed by atoms with Crippen molar-refractivity contribution in [3.8, 4) is 5.75 Å². The molecule has 2 aromatic rings. The standard InChI is InChI=1S/C22H20F4O2/c1-2-3-13-4-6-14(7-5-13)15-8-9-17(18(23)10-15)22(27)28-16-11-19(24)21(26)20(25)12-16/h2-3,8-14H,4-7H2,1H3. The van der Waals surface area contributed by atoms with E-state index >= 15 is 0 Å². The molecule has 1 fully saturated rings. The smallest absolute Gasteiger partial charge is 0.346 e. The largest absolute Gasteiger partial charge is 0.423 e. The lowest BCUT2D eigenvalue weighted by Gasteiger charge is -2.27. The molecule has 0 amide bonds. The molecule has 1 saturated carbocycles. The maximum Gasteiger partial charge on any atom is 0.346 e. The van der Waals surface area contributed by atoms with Gasteiger partial charge in [0.1, 0.15) is 11.6 Å². The molecule has 2 nitrogen and oxygen atoms in total. The Morgan fingerprint density at radius 3 is 2.18 bits per heavy atom. The lowest BCUT2D eigenvalue weighted by molar-refractivity contribution is 0.0728. The quantitative estimate of drug-likeness (QED) is 0.200. The molecular formula is C22H20F4O2. The Hall–Kier alpha value is -2.63. The van der Waals surface area contributed by atoms with Crippen LogP contribution in [0.2, 0.25) is 0 Å². The number of hydrogen-bond acceptors (Lipinski definition) is 2. The van der Waals surface area contributed by atoms with Crippen molar-refractivity contribution in [2.75, 3.05) is 0 Å². The summed E-state index contributed by atoms with van der Waals surface area (Å²) in [5, 5.41) is 0. The molecule has 1 aliphatic rings. The highest BCUT2D eigenvalue weighted by Gasteiger charge is 2.23. The minimum atomic E-state index is -1.67. The van der Waals surface area contributed by atoms with Crippen molar-refractivity contribution in [1.29, 1.82) is 0 Å². The van der Waals surface area contributed by atoms with Crippen molar-refractivity contribution in [3.63, 3.8) is 0 Å². The Bertz CT molecular complexity index is 876. The van der Waals surface area contributed by atoms with Gasteiger partial charge in [-0.15, -0.1) is 0 Å². The van der Waals surface area contributed by atoms with Gasteiger partial charge in [-0.25, -0.2) is 22.4 Å². The van der Waals surface area contributed by atoms with Gasteiger partial charge in [-0.05, 0) is 62.1 Å². The number of rotatable bonds is 4. The van der Waals surface area contributed by atoms with Crippen LogP contribution < -0.4 is 4.74 Å². The molecular weight excluding hydrogens is 372 g/mol. The van der Waals surface area contributed by atoms with E-state index < -0.39 is 35.0 Å². The second-order valence-corrected chi connectivity index (χ2v) is 6.97. The molecule has 28 heavy (non-hydrogen) atoms. The van der Waals surface area contributed by atoms with Gasteiger partial charge in [-0.1, -0.05) is 18.2 Å². The Morgan fingerprint density at radius 1 is 0.964 bits per heavy atom. The Kier molecular flexibility index (Phi) is 6.17. The Morgan fingerprint density at radius 2 is 1.61 bits per heavy atom. The number of esters is 1. The monoisotopic (exact) mass is 392 g/mol. The number of carbonyl (C=O) groups is 1. The minimum absolute atomic E-state index is 0.223. The van der Waals surface area contributed by atoms with E-state index in [0.29, 0.717) is 18.1 Å². The van der Waals surface area contributed by atoms with Gasteiger partial charge in [0.05, 0.1) is 5.56 Å². The van der Waals surface area contributed by atoms with E-state index in [2.05, 4.69) is 6.08 Å². The minimum Gasteiger partial charge on any atom is -0.423 e. The van der Waals surface area contributed by atoms with E-state index in [9.17, 15) is 22.4 Å². The zero-order chi connectivity index (χ0) is 20.3. The summed E-state index contributed by atoms with van der Waals surface area (Å²) in [6.07, 6.45) is 8.17. The first kappa shape index (κ1) is 20.1. The molecule has 0 bridgehead atoms. The lowest BCUT2D eigenvalue weighted by atomic mass is 9.78. The normalized spacial score (nSPS) is 19.8. The number of ether oxygens (including phenoxy) is 1. The van der Waals surface area contributed by atoms with Crippen LogP contribution in [0.4, 0.5) is 17.6 Å². The number of carbonyl (C=O) groups excluding carboxylic acids is 1. The highest BCUT2D eigenvalue weighted by atomic mass is 19.2. The molecule has 0 aliphatic heterocycles. The van der Waals surface area contributed by atoms with Crippen molar-refractivity contribution < 1.29 is 27.1 Å². The molecule has 148 valence electrons. The SMILES string of the molecule is CC=CC1CCC(c2ccc(C(=O)Oc3cc(F)c(F)c(F)c3)c(F)c2)CC1. The number of benzene rings is 2. The third-order valence-electron chi connectivity index (χ3n) is 5.09. The zero-order valence-electron chi connectivity index (χ0n) is 15.4. The van der Waals surface area contributed by atoms with Gasteiger partial charge >= 0.3 is 5.97 Å². The molecule has 6 heteroatoms. The maximum atomic E-state index is 14.5. The van der Waals surface area contributed by atoms with Crippen LogP contribution >= 0.6 is 0 Å². The summed E-state index contributed by atoms with van der Waals surface area (Å²) in [7, 11) is 0. The molecule has 0 aromatic heterocycles. The molecule has 0 unspecified atom stereocenters. The molecule has 0 spiro atoms. The first-order valence-corrected chi connectivity index (χ1v) is 9.18. The molecule has 3 rings (SSSR count). The summed E-state index contributed by atoms with van der Waals surface area (Å²) in [4.78, 5) is 12.1. The second kappa shape index (κ2) is 8.59. The summed E-state index contributed by atoms with van der Waals surface area (Å²) < 4.78 is 58.7. The van der Waals surface area contributed by atoms with Gasteiger partial charge in [-0.2, -0.15) is 0 Å². The van der Waals surface area contributed by atoms with Crippen LogP contribution in [0.15, 0.2) is 42.5 Å². The van der Waals surface area contributed by atoms with Gasteiger partial charge in [0.2, 0.25) is 0 Å². The second-order valence-electron chi connectivity index (χ2n) is 6.97. The van der Waals surface area contributed by atoms with Crippen LogP contribution in [0.25, 0.3) is 0 Å². The van der Waals surface area contributed by atoms with Crippen molar-refractivity contribution >= 4 is 5.97 Å². The van der Waals surface area contributed by atoms with E-state index in [1.54, 1.807) is 6.07 Å². The van der Waals surface area contributed by atoms with Crippen molar-refractivity contribution in [2.45, 2.75) is 38.5 Å². The Labute approximate surface area is 160 Å². The molecule has 0 N–H and O–H groups in total. The van der Waals surface area contributed by atoms with Gasteiger partial charge in [0, 0.05) is 12.1 Å². The van der Waals surface area contributed by atoms with E-state index in [1.807, 2.05) is 13.0 Å². The van der Waals surface area contributed by atoms with Crippen molar-refractivity contribution in [3.05, 3.63) is 76.9 Å². The van der Waals surface area contributed by atoms with Crippen molar-refractivity contribution in [2.24, 2.45) is 5.92 Å². The predicted molar refractivity (Wildman–Crippen MR) is 97.2 cm³/mol. The van der Waals surface area contributed by atoms with E-state index in [0.717, 1.165) is 31.2 Å². The summed E-state index contributed by atoms with van der Waals surface area (Å²) in [6.45, 7) is 1.99. The number of hydrogen-bond donors (Lipinski definition) is 0. The molecule has 2 aromatic carbocycles. The Balaban J connectivity index is 1.71. The fourth-order valence-electron chi connectivity index (χ4n) is 3.62. The highest BCUT2D eigenvalue weighted by molar-refractivity contribution is 5.91. The maximum absolute atomic E-state index is 14.5. The van der Waals surface area contributed by atoms with Crippen LogP contribution in [-0.4, -0.2) is 5.97 Å². The summed E-state index contributed by atoms with van der Waals surface area (Å²) in [6, 6.07) is 5.36. The third kappa shape index (κ3) is 4.43. The first-order chi connectivity index (χ1) is 13.4. The molecule has 0 heterocycles. The zero-order valence-corrected chi connectivity index (χ0v) is 15.4. The third-order valence-corrected chi connectivity index (χ3v) is 5.09. The average Bonchev–Trinajstić information content (AvgIpc) is 2.66. The highest BCUT2D eigenvalue weighted by Crippen LogP contribution is 2.36. The molecule has 0 saturated heterocycles. The summed E-state index contributed by atoms with van der Waals surface area (Å²) in [5.41, 5.74) is 0.461. The predicted octanol–water partition coefficient (Wildman–Crippen LogP) is 6.31. The van der Waals surface area contributed by atoms with E-state index in [4.69, 9.17) is 4.74 Å². The van der Waals surface area contributed by atoms with Crippen LogP contribution in [0.1, 0.15) is 54.4 Å². The summed E-state index contributed by atoms with van der Waals surface area (Å²) in [5.74, 6) is -6.28. The summed E-state index contributed by atoms with van der Waals surface area (Å²) >= 11 is 0. The van der Waals surface area contributed by atoms with Crippen LogP contribution in [0.5, 0.6) is 5.75 Å². The first-order valence-electron chi connectivity index (χ1n) is 9.18. The van der Waals surface area contributed by atoms with E-state index in [1.165, 1.54) is 12.1 Å². The molecule has 0 radical (unpaired) electrons.